The first kappa shape index (κ1) is 25.2. The van der Waals surface area contributed by atoms with Crippen LogP contribution in [0.25, 0.3) is 0 Å². The fraction of sp³-hybridized carbons (Fsp3) is 0.333. The number of nitrogens with zero attached hydrogens (tertiary/aromatic N) is 3. The molecule has 6 nitrogen and oxygen atoms in total. The molecule has 180 valence electrons. The summed E-state index contributed by atoms with van der Waals surface area (Å²) in [5, 5.41) is 0. The van der Waals surface area contributed by atoms with Crippen LogP contribution in [0.15, 0.2) is 72.9 Å². The number of benzene rings is 2. The molecule has 0 radical (unpaired) electrons. The minimum absolute atomic E-state index is 0.0378. The first-order valence-electron chi connectivity index (χ1n) is 11.4. The van der Waals surface area contributed by atoms with E-state index in [4.69, 9.17) is 4.74 Å². The summed E-state index contributed by atoms with van der Waals surface area (Å²) < 4.78 is 21.6. The van der Waals surface area contributed by atoms with Crippen molar-refractivity contribution in [2.45, 2.75) is 33.0 Å². The van der Waals surface area contributed by atoms with Crippen molar-refractivity contribution in [3.63, 3.8) is 0 Å². The number of amides is 2. The number of rotatable bonds is 11. The van der Waals surface area contributed by atoms with Crippen LogP contribution in [-0.4, -0.2) is 59.0 Å². The van der Waals surface area contributed by atoms with Crippen LogP contribution >= 0.6 is 0 Å². The van der Waals surface area contributed by atoms with Gasteiger partial charge in [-0.2, -0.15) is 0 Å². The van der Waals surface area contributed by atoms with Crippen molar-refractivity contribution in [3.8, 4) is 0 Å². The van der Waals surface area contributed by atoms with Crippen LogP contribution in [-0.2, 0) is 22.6 Å². The highest BCUT2D eigenvalue weighted by Gasteiger charge is 2.26. The molecule has 0 atom stereocenters. The molecular formula is C27H32FN3O3. The third-order valence-corrected chi connectivity index (χ3v) is 5.68. The van der Waals surface area contributed by atoms with Gasteiger partial charge in [-0.05, 0) is 43.7 Å². The number of hydrogen-bond donors (Lipinski definition) is 0. The van der Waals surface area contributed by atoms with Crippen molar-refractivity contribution in [2.24, 2.45) is 0 Å². The lowest BCUT2D eigenvalue weighted by atomic mass is 10.1. The smallest absolute Gasteiger partial charge is 0.257 e. The number of carbonyl (C=O) groups is 2. The highest BCUT2D eigenvalue weighted by Crippen LogP contribution is 2.15. The molecular weight excluding hydrogens is 433 g/mol. The number of ether oxygens (including phenoxy) is 1. The molecule has 0 aliphatic carbocycles. The largest absolute Gasteiger partial charge is 0.383 e. The summed E-state index contributed by atoms with van der Waals surface area (Å²) in [5.41, 5.74) is 2.10. The Labute approximate surface area is 200 Å². The molecule has 0 bridgehead atoms. The molecule has 0 unspecified atom stereocenters. The molecule has 3 aromatic rings. The first-order chi connectivity index (χ1) is 16.4. The van der Waals surface area contributed by atoms with E-state index < -0.39 is 11.7 Å². The highest BCUT2D eigenvalue weighted by atomic mass is 19.1. The predicted octanol–water partition coefficient (Wildman–Crippen LogP) is 4.20. The Morgan fingerprint density at radius 1 is 1.00 bits per heavy atom. The molecule has 0 aliphatic heterocycles. The van der Waals surface area contributed by atoms with Gasteiger partial charge in [-0.25, -0.2) is 4.39 Å². The SMILES string of the molecule is COCCN(Cc1cccn1Cc1ccccc1)C(=O)CN(C(=O)c1ccccc1F)C(C)C. The molecule has 7 heteroatoms. The molecule has 3 rings (SSSR count). The van der Waals surface area contributed by atoms with E-state index in [0.717, 1.165) is 11.3 Å². The maximum atomic E-state index is 14.2. The van der Waals surface area contributed by atoms with Gasteiger partial charge >= 0.3 is 0 Å². The topological polar surface area (TPSA) is 54.8 Å². The van der Waals surface area contributed by atoms with Crippen LogP contribution in [0.2, 0.25) is 0 Å². The molecule has 0 fully saturated rings. The molecule has 0 spiro atoms. The molecule has 0 saturated heterocycles. The second-order valence-corrected chi connectivity index (χ2v) is 8.43. The lowest BCUT2D eigenvalue weighted by molar-refractivity contribution is -0.133. The van der Waals surface area contributed by atoms with Crippen molar-refractivity contribution >= 4 is 11.8 Å². The monoisotopic (exact) mass is 465 g/mol. The van der Waals surface area contributed by atoms with Crippen molar-refractivity contribution < 1.29 is 18.7 Å². The summed E-state index contributed by atoms with van der Waals surface area (Å²) in [6.07, 6.45) is 1.99. The summed E-state index contributed by atoms with van der Waals surface area (Å²) in [4.78, 5) is 29.5. The van der Waals surface area contributed by atoms with E-state index in [1.807, 2.05) is 50.4 Å². The van der Waals surface area contributed by atoms with Gasteiger partial charge < -0.3 is 19.1 Å². The molecule has 0 saturated carbocycles. The number of halogens is 1. The third-order valence-electron chi connectivity index (χ3n) is 5.68. The van der Waals surface area contributed by atoms with Crippen molar-refractivity contribution in [3.05, 3.63) is 95.6 Å². The molecule has 0 aliphatic rings. The average molecular weight is 466 g/mol. The summed E-state index contributed by atoms with van der Waals surface area (Å²) in [6.45, 7) is 5.31. The summed E-state index contributed by atoms with van der Waals surface area (Å²) >= 11 is 0. The fourth-order valence-electron chi connectivity index (χ4n) is 3.74. The Balaban J connectivity index is 1.77. The molecule has 2 amide bonds. The maximum absolute atomic E-state index is 14.2. The quantitative estimate of drug-likeness (QED) is 0.427. The van der Waals surface area contributed by atoms with Gasteiger partial charge in [-0.3, -0.25) is 9.59 Å². The lowest BCUT2D eigenvalue weighted by Gasteiger charge is -2.30. The van der Waals surface area contributed by atoms with E-state index in [9.17, 15) is 14.0 Å². The van der Waals surface area contributed by atoms with Gasteiger partial charge in [-0.1, -0.05) is 42.5 Å². The predicted molar refractivity (Wildman–Crippen MR) is 130 cm³/mol. The van der Waals surface area contributed by atoms with E-state index >= 15 is 0 Å². The van der Waals surface area contributed by atoms with Gasteiger partial charge in [0, 0.05) is 38.1 Å². The number of aromatic nitrogens is 1. The van der Waals surface area contributed by atoms with Crippen molar-refractivity contribution in [1.82, 2.24) is 14.4 Å². The minimum atomic E-state index is -0.597. The molecule has 1 heterocycles. The van der Waals surface area contributed by atoms with Gasteiger partial charge in [0.1, 0.15) is 12.4 Å². The third kappa shape index (κ3) is 6.54. The maximum Gasteiger partial charge on any atom is 0.257 e. The van der Waals surface area contributed by atoms with Crippen LogP contribution in [0.5, 0.6) is 0 Å². The second-order valence-electron chi connectivity index (χ2n) is 8.43. The molecule has 2 aromatic carbocycles. The van der Waals surface area contributed by atoms with Crippen molar-refractivity contribution in [2.75, 3.05) is 26.8 Å². The van der Waals surface area contributed by atoms with E-state index in [-0.39, 0.29) is 24.1 Å². The highest BCUT2D eigenvalue weighted by molar-refractivity contribution is 5.97. The Hall–Kier alpha value is -3.45. The standard InChI is InChI=1S/C27H32FN3O3/c1-21(2)31(27(33)24-13-7-8-14-25(24)28)20-26(32)30(16-17-34-3)19-23-12-9-15-29(23)18-22-10-5-4-6-11-22/h4-15,21H,16-20H2,1-3H3. The zero-order valence-corrected chi connectivity index (χ0v) is 20.0. The van der Waals surface area contributed by atoms with E-state index in [2.05, 4.69) is 16.7 Å². The van der Waals surface area contributed by atoms with Gasteiger partial charge in [0.05, 0.1) is 18.7 Å². The second kappa shape index (κ2) is 12.1. The number of carbonyl (C=O) groups excluding carboxylic acids is 2. The lowest BCUT2D eigenvalue weighted by Crippen LogP contribution is -2.46. The first-order valence-corrected chi connectivity index (χ1v) is 11.4. The van der Waals surface area contributed by atoms with E-state index in [1.54, 1.807) is 18.1 Å². The van der Waals surface area contributed by atoms with Crippen molar-refractivity contribution in [1.29, 1.82) is 0 Å². The van der Waals surface area contributed by atoms with Gasteiger partial charge in [0.15, 0.2) is 0 Å². The Bertz CT molecular complexity index is 1080. The van der Waals surface area contributed by atoms with Crippen LogP contribution in [0.4, 0.5) is 4.39 Å². The van der Waals surface area contributed by atoms with Gasteiger partial charge in [0.25, 0.3) is 5.91 Å². The van der Waals surface area contributed by atoms with Crippen LogP contribution in [0, 0.1) is 5.82 Å². The minimum Gasteiger partial charge on any atom is -0.383 e. The van der Waals surface area contributed by atoms with Crippen LogP contribution in [0.1, 0.15) is 35.5 Å². The van der Waals surface area contributed by atoms with E-state index in [0.29, 0.717) is 26.2 Å². The van der Waals surface area contributed by atoms with Gasteiger partial charge in [-0.15, -0.1) is 0 Å². The average Bonchev–Trinajstić information content (AvgIpc) is 3.26. The Morgan fingerprint density at radius 3 is 2.38 bits per heavy atom. The molecule has 1 aromatic heterocycles. The fourth-order valence-corrected chi connectivity index (χ4v) is 3.74. The summed E-state index contributed by atoms with van der Waals surface area (Å²) in [5.74, 6) is -1.32. The zero-order chi connectivity index (χ0) is 24.5. The van der Waals surface area contributed by atoms with Crippen LogP contribution < -0.4 is 0 Å². The number of hydrogen-bond acceptors (Lipinski definition) is 3. The summed E-state index contributed by atoms with van der Waals surface area (Å²) in [6, 6.07) is 19.6. The summed E-state index contributed by atoms with van der Waals surface area (Å²) in [7, 11) is 1.59. The van der Waals surface area contributed by atoms with Crippen LogP contribution in [0.3, 0.4) is 0 Å². The molecule has 0 N–H and O–H groups in total. The Morgan fingerprint density at radius 2 is 1.71 bits per heavy atom. The Kier molecular flexibility index (Phi) is 8.99. The zero-order valence-electron chi connectivity index (χ0n) is 20.0. The van der Waals surface area contributed by atoms with E-state index in [1.165, 1.54) is 23.1 Å². The number of methoxy groups -OCH3 is 1. The van der Waals surface area contributed by atoms with Gasteiger partial charge in [0.2, 0.25) is 5.91 Å². The normalized spacial score (nSPS) is 11.0. The molecule has 34 heavy (non-hydrogen) atoms.